The molecule has 7 heteroatoms. The van der Waals surface area contributed by atoms with E-state index in [1.165, 1.54) is 0 Å². The minimum Gasteiger partial charge on any atom is -0.508 e. The van der Waals surface area contributed by atoms with Crippen LogP contribution in [0.25, 0.3) is 22.5 Å². The number of phenols is 1. The molecule has 0 fully saturated rings. The highest BCUT2D eigenvalue weighted by atomic mass is 16.3. The van der Waals surface area contributed by atoms with Gasteiger partial charge in [-0.2, -0.15) is 4.98 Å². The van der Waals surface area contributed by atoms with Crippen LogP contribution >= 0.6 is 0 Å². The second kappa shape index (κ2) is 8.47. The molecule has 0 aliphatic carbocycles. The van der Waals surface area contributed by atoms with Gasteiger partial charge < -0.3 is 20.3 Å². The van der Waals surface area contributed by atoms with Crippen molar-refractivity contribution in [3.05, 3.63) is 76.4 Å². The predicted molar refractivity (Wildman–Crippen MR) is 124 cm³/mol. The van der Waals surface area contributed by atoms with Crippen molar-refractivity contribution in [1.29, 1.82) is 0 Å². The van der Waals surface area contributed by atoms with Crippen molar-refractivity contribution in [3.63, 3.8) is 0 Å². The average molecular weight is 415 g/mol. The SMILES string of the molecule is CCN1C=CC(Nc2ccc(-c3cc(-c4ccc(O)c(C)c4)nc(=O)[nH]3)c(C)c2)=NC1. The highest BCUT2D eigenvalue weighted by Crippen LogP contribution is 2.28. The van der Waals surface area contributed by atoms with Crippen molar-refractivity contribution < 1.29 is 5.11 Å². The molecule has 0 amide bonds. The summed E-state index contributed by atoms with van der Waals surface area (Å²) in [7, 11) is 0. The first-order chi connectivity index (χ1) is 14.9. The number of anilines is 1. The Bertz CT molecular complexity index is 1240. The molecule has 31 heavy (non-hydrogen) atoms. The Hall–Kier alpha value is -3.87. The number of hydrogen-bond acceptors (Lipinski definition) is 6. The smallest absolute Gasteiger partial charge is 0.345 e. The van der Waals surface area contributed by atoms with E-state index < -0.39 is 5.69 Å². The van der Waals surface area contributed by atoms with Crippen LogP contribution in [0.2, 0.25) is 0 Å². The number of aromatic nitrogens is 2. The van der Waals surface area contributed by atoms with Gasteiger partial charge in [-0.05, 0) is 74.4 Å². The maximum Gasteiger partial charge on any atom is 0.345 e. The molecule has 2 heterocycles. The first kappa shape index (κ1) is 20.4. The highest BCUT2D eigenvalue weighted by Gasteiger charge is 2.11. The van der Waals surface area contributed by atoms with Gasteiger partial charge in [0.25, 0.3) is 0 Å². The van der Waals surface area contributed by atoms with E-state index in [4.69, 9.17) is 0 Å². The normalized spacial score (nSPS) is 13.3. The van der Waals surface area contributed by atoms with Crippen LogP contribution < -0.4 is 11.0 Å². The summed E-state index contributed by atoms with van der Waals surface area (Å²) in [6.45, 7) is 7.48. The summed E-state index contributed by atoms with van der Waals surface area (Å²) < 4.78 is 0. The van der Waals surface area contributed by atoms with Crippen LogP contribution in [0.5, 0.6) is 5.75 Å². The number of phenolic OH excluding ortho intramolecular Hbond substituents is 1. The van der Waals surface area contributed by atoms with Gasteiger partial charge in [0, 0.05) is 29.6 Å². The summed E-state index contributed by atoms with van der Waals surface area (Å²) in [5.74, 6) is 1.03. The van der Waals surface area contributed by atoms with Gasteiger partial charge in [-0.1, -0.05) is 6.07 Å². The number of hydrogen-bond donors (Lipinski definition) is 3. The van der Waals surface area contributed by atoms with E-state index in [-0.39, 0.29) is 5.75 Å². The Kier molecular flexibility index (Phi) is 5.58. The lowest BCUT2D eigenvalue weighted by atomic mass is 10.0. The third-order valence-corrected chi connectivity index (χ3v) is 5.30. The number of nitrogens with one attached hydrogen (secondary N) is 2. The van der Waals surface area contributed by atoms with Crippen LogP contribution in [0.3, 0.4) is 0 Å². The van der Waals surface area contributed by atoms with Crippen molar-refractivity contribution in [2.45, 2.75) is 20.8 Å². The Balaban J connectivity index is 1.62. The van der Waals surface area contributed by atoms with Gasteiger partial charge >= 0.3 is 5.69 Å². The van der Waals surface area contributed by atoms with Crippen LogP contribution in [-0.4, -0.2) is 39.0 Å². The van der Waals surface area contributed by atoms with E-state index in [9.17, 15) is 9.90 Å². The third-order valence-electron chi connectivity index (χ3n) is 5.30. The van der Waals surface area contributed by atoms with Crippen LogP contribution in [0.4, 0.5) is 5.69 Å². The van der Waals surface area contributed by atoms with Gasteiger partial charge in [0.05, 0.1) is 11.4 Å². The number of benzene rings is 2. The number of nitrogens with zero attached hydrogens (tertiary/aromatic N) is 3. The molecule has 158 valence electrons. The molecule has 0 radical (unpaired) electrons. The fraction of sp³-hybridized carbons (Fsp3) is 0.208. The Morgan fingerprint density at radius 1 is 1.13 bits per heavy atom. The van der Waals surface area contributed by atoms with E-state index >= 15 is 0 Å². The van der Waals surface area contributed by atoms with Crippen molar-refractivity contribution in [2.75, 3.05) is 18.5 Å². The number of aliphatic imine (C=N–C) groups is 1. The zero-order valence-corrected chi connectivity index (χ0v) is 17.8. The number of aromatic amines is 1. The van der Waals surface area contributed by atoms with Crippen LogP contribution in [0, 0.1) is 13.8 Å². The van der Waals surface area contributed by atoms with Crippen LogP contribution in [-0.2, 0) is 0 Å². The van der Waals surface area contributed by atoms with Gasteiger partial charge in [0.1, 0.15) is 18.3 Å². The molecule has 3 aromatic rings. The van der Waals surface area contributed by atoms with Gasteiger partial charge in [-0.15, -0.1) is 0 Å². The van der Waals surface area contributed by atoms with E-state index in [2.05, 4.69) is 32.1 Å². The van der Waals surface area contributed by atoms with Gasteiger partial charge in [0.2, 0.25) is 0 Å². The molecule has 1 aromatic heterocycles. The van der Waals surface area contributed by atoms with Crippen LogP contribution in [0.15, 0.2) is 64.5 Å². The minimum atomic E-state index is -0.415. The largest absolute Gasteiger partial charge is 0.508 e. The molecule has 7 nitrogen and oxygen atoms in total. The zero-order chi connectivity index (χ0) is 22.0. The van der Waals surface area contributed by atoms with Crippen molar-refractivity contribution in [3.8, 4) is 28.3 Å². The standard InChI is InChI=1S/C24H25N5O2/c1-4-29-10-9-23(25-14-29)26-18-6-7-19(15(2)12-18)21-13-20(27-24(31)28-21)17-5-8-22(30)16(3)11-17/h5-13,30H,4,14H2,1-3H3,(H,25,26)(H,27,28,31). The number of amidine groups is 1. The molecule has 0 bridgehead atoms. The molecule has 0 unspecified atom stereocenters. The van der Waals surface area contributed by atoms with Crippen LogP contribution in [0.1, 0.15) is 18.1 Å². The molecule has 0 saturated carbocycles. The lowest BCUT2D eigenvalue weighted by Crippen LogP contribution is -2.24. The second-order valence-electron chi connectivity index (χ2n) is 7.55. The number of aromatic hydroxyl groups is 1. The third kappa shape index (κ3) is 4.50. The predicted octanol–water partition coefficient (Wildman–Crippen LogP) is 4.04. The van der Waals surface area contributed by atoms with E-state index in [1.807, 2.05) is 56.5 Å². The maximum atomic E-state index is 12.2. The highest BCUT2D eigenvalue weighted by molar-refractivity contribution is 6.04. The lowest BCUT2D eigenvalue weighted by Gasteiger charge is -2.20. The van der Waals surface area contributed by atoms with E-state index in [0.717, 1.165) is 40.3 Å². The molecule has 1 aliphatic rings. The molecule has 4 rings (SSSR count). The summed E-state index contributed by atoms with van der Waals surface area (Å²) in [6, 6.07) is 13.0. The topological polar surface area (TPSA) is 93.6 Å². The molecular formula is C24H25N5O2. The number of aryl methyl sites for hydroxylation is 2. The molecule has 0 atom stereocenters. The second-order valence-corrected chi connectivity index (χ2v) is 7.55. The Labute approximate surface area is 180 Å². The monoisotopic (exact) mass is 415 g/mol. The van der Waals surface area contributed by atoms with E-state index in [1.54, 1.807) is 12.1 Å². The Morgan fingerprint density at radius 2 is 1.97 bits per heavy atom. The van der Waals surface area contributed by atoms with E-state index in [0.29, 0.717) is 18.1 Å². The van der Waals surface area contributed by atoms with Crippen molar-refractivity contribution in [1.82, 2.24) is 14.9 Å². The summed E-state index contributed by atoms with van der Waals surface area (Å²) in [4.78, 5) is 25.8. The number of rotatable bonds is 4. The number of H-pyrrole nitrogens is 1. The average Bonchev–Trinajstić information content (AvgIpc) is 2.76. The molecule has 3 N–H and O–H groups in total. The zero-order valence-electron chi connectivity index (χ0n) is 17.8. The minimum absolute atomic E-state index is 0.215. The molecule has 2 aromatic carbocycles. The van der Waals surface area contributed by atoms with Crippen molar-refractivity contribution >= 4 is 11.5 Å². The summed E-state index contributed by atoms with van der Waals surface area (Å²) >= 11 is 0. The fourth-order valence-corrected chi connectivity index (χ4v) is 3.49. The molecule has 0 saturated heterocycles. The maximum absolute atomic E-state index is 12.2. The first-order valence-electron chi connectivity index (χ1n) is 10.2. The Morgan fingerprint density at radius 3 is 2.65 bits per heavy atom. The fourth-order valence-electron chi connectivity index (χ4n) is 3.49. The summed E-state index contributed by atoms with van der Waals surface area (Å²) in [5, 5.41) is 13.1. The van der Waals surface area contributed by atoms with Gasteiger partial charge in [0.15, 0.2) is 0 Å². The molecular weight excluding hydrogens is 390 g/mol. The first-order valence-corrected chi connectivity index (χ1v) is 10.2. The quantitative estimate of drug-likeness (QED) is 0.598. The van der Waals surface area contributed by atoms with Gasteiger partial charge in [-0.25, -0.2) is 9.79 Å². The lowest BCUT2D eigenvalue weighted by molar-refractivity contribution is 0.406. The molecule has 1 aliphatic heterocycles. The van der Waals surface area contributed by atoms with Crippen molar-refractivity contribution in [2.24, 2.45) is 4.99 Å². The molecule has 0 spiro atoms. The summed E-state index contributed by atoms with van der Waals surface area (Å²) in [5.41, 5.74) is 5.21. The summed E-state index contributed by atoms with van der Waals surface area (Å²) in [6.07, 6.45) is 3.99. The van der Waals surface area contributed by atoms with Gasteiger partial charge in [-0.3, -0.25) is 0 Å².